The van der Waals surface area contributed by atoms with Crippen LogP contribution >= 0.6 is 15.9 Å². The number of hydrogen-bond acceptors (Lipinski definition) is 3. The number of rotatable bonds is 3. The minimum atomic E-state index is -0.561. The normalized spacial score (nSPS) is 10.5. The molecule has 0 heterocycles. The first-order chi connectivity index (χ1) is 5.26. The summed E-state index contributed by atoms with van der Waals surface area (Å²) in [6.45, 7) is 1.99. The summed E-state index contributed by atoms with van der Waals surface area (Å²) in [5.74, 6) is -0.561. The molecule has 0 aromatic carbocycles. The van der Waals surface area contributed by atoms with Crippen molar-refractivity contribution in [3.63, 3.8) is 0 Å². The lowest BCUT2D eigenvalue weighted by Crippen LogP contribution is -2.06. The molecule has 0 rings (SSSR count). The van der Waals surface area contributed by atoms with E-state index in [0.29, 0.717) is 11.9 Å². The quantitative estimate of drug-likeness (QED) is 0.311. The molecular weight excluding hydrogens is 210 g/mol. The number of ether oxygens (including phenoxy) is 1. The molecule has 0 amide bonds. The van der Waals surface area contributed by atoms with Gasteiger partial charge in [-0.15, -0.1) is 0 Å². The molecule has 0 aliphatic carbocycles. The van der Waals surface area contributed by atoms with Gasteiger partial charge < -0.3 is 4.74 Å². The van der Waals surface area contributed by atoms with Gasteiger partial charge in [-0.1, -0.05) is 15.9 Å². The van der Waals surface area contributed by atoms with Gasteiger partial charge in [-0.05, 0) is 13.0 Å². The van der Waals surface area contributed by atoms with Gasteiger partial charge in [0.15, 0.2) is 0 Å². The van der Waals surface area contributed by atoms with Gasteiger partial charge in [0.2, 0.25) is 0 Å². The number of carbonyl (C=O) groups excluding carboxylic acids is 1. The molecule has 0 saturated carbocycles. The van der Waals surface area contributed by atoms with E-state index < -0.39 is 5.97 Å². The van der Waals surface area contributed by atoms with Crippen molar-refractivity contribution in [1.82, 2.24) is 0 Å². The molecule has 0 bridgehead atoms. The topological polar surface area (TPSA) is 50.1 Å². The fraction of sp³-hybridized carbons (Fsp3) is 0.429. The summed E-state index contributed by atoms with van der Waals surface area (Å²) in [5, 5.41) is 8.90. The number of carbonyl (C=O) groups is 1. The maximum Gasteiger partial charge on any atom is 0.348 e. The summed E-state index contributed by atoms with van der Waals surface area (Å²) in [7, 11) is 0. The molecule has 0 atom stereocenters. The molecule has 0 N–H and O–H groups in total. The lowest BCUT2D eigenvalue weighted by molar-refractivity contribution is -0.138. The third-order valence-corrected chi connectivity index (χ3v) is 1.22. The van der Waals surface area contributed by atoms with Gasteiger partial charge in [0, 0.05) is 5.33 Å². The molecule has 0 aliphatic rings. The Labute approximate surface area is 73.8 Å². The molecule has 0 spiro atoms. The fourth-order valence-corrected chi connectivity index (χ4v) is 0.784. The highest BCUT2D eigenvalue weighted by Gasteiger charge is 2.07. The van der Waals surface area contributed by atoms with Gasteiger partial charge >= 0.3 is 5.97 Å². The summed E-state index contributed by atoms with van der Waals surface area (Å²) in [5.41, 5.74) is 0.0451. The third-order valence-electron chi connectivity index (χ3n) is 0.897. The van der Waals surface area contributed by atoms with E-state index in [0.717, 1.165) is 0 Å². The van der Waals surface area contributed by atoms with Crippen LogP contribution in [0.15, 0.2) is 11.6 Å². The Morgan fingerprint density at radius 3 is 2.82 bits per heavy atom. The van der Waals surface area contributed by atoms with Crippen LogP contribution in [-0.2, 0) is 9.53 Å². The average molecular weight is 218 g/mol. The molecule has 0 fully saturated rings. The largest absolute Gasteiger partial charge is 0.462 e. The number of halogens is 1. The third kappa shape index (κ3) is 3.79. The first-order valence-corrected chi connectivity index (χ1v) is 4.21. The van der Waals surface area contributed by atoms with Gasteiger partial charge in [0.1, 0.15) is 11.6 Å². The Morgan fingerprint density at radius 1 is 1.82 bits per heavy atom. The monoisotopic (exact) mass is 217 g/mol. The van der Waals surface area contributed by atoms with Crippen molar-refractivity contribution < 1.29 is 9.53 Å². The minimum absolute atomic E-state index is 0.0451. The molecule has 0 aromatic heterocycles. The minimum Gasteiger partial charge on any atom is -0.462 e. The zero-order valence-corrected chi connectivity index (χ0v) is 7.72. The zero-order valence-electron chi connectivity index (χ0n) is 6.13. The number of esters is 1. The smallest absolute Gasteiger partial charge is 0.348 e. The Kier molecular flexibility index (Phi) is 5.49. The van der Waals surface area contributed by atoms with Crippen LogP contribution in [0, 0.1) is 11.3 Å². The summed E-state index contributed by atoms with van der Waals surface area (Å²) in [4.78, 5) is 10.8. The second kappa shape index (κ2) is 5.93. The van der Waals surface area contributed by atoms with Gasteiger partial charge in [-0.25, -0.2) is 4.79 Å². The summed E-state index contributed by atoms with van der Waals surface area (Å²) >= 11 is 3.07. The molecule has 0 aromatic rings. The van der Waals surface area contributed by atoms with Crippen LogP contribution in [0.25, 0.3) is 0 Å². The number of hydrogen-bond donors (Lipinski definition) is 0. The highest BCUT2D eigenvalue weighted by molar-refractivity contribution is 9.09. The summed E-state index contributed by atoms with van der Waals surface area (Å²) in [6.07, 6.45) is 1.47. The highest BCUT2D eigenvalue weighted by atomic mass is 79.9. The first-order valence-electron chi connectivity index (χ1n) is 3.09. The van der Waals surface area contributed by atoms with Crippen LogP contribution in [0.2, 0.25) is 0 Å². The number of allylic oxidation sites excluding steroid dienone is 1. The van der Waals surface area contributed by atoms with E-state index in [2.05, 4.69) is 20.7 Å². The summed E-state index contributed by atoms with van der Waals surface area (Å²) in [6, 6.07) is 1.74. The Morgan fingerprint density at radius 2 is 2.45 bits per heavy atom. The van der Waals surface area contributed by atoms with Crippen LogP contribution < -0.4 is 0 Å². The number of alkyl halides is 1. The van der Waals surface area contributed by atoms with Crippen LogP contribution in [0.1, 0.15) is 6.92 Å². The molecule has 0 aliphatic heterocycles. The SMILES string of the molecule is CCOC(=O)/C(C#N)=C/CBr. The van der Waals surface area contributed by atoms with Crippen molar-refractivity contribution in [2.45, 2.75) is 6.92 Å². The molecule has 11 heavy (non-hydrogen) atoms. The first kappa shape index (κ1) is 10.2. The second-order valence-electron chi connectivity index (χ2n) is 1.60. The van der Waals surface area contributed by atoms with Gasteiger partial charge in [0.25, 0.3) is 0 Å². The molecule has 3 nitrogen and oxygen atoms in total. The van der Waals surface area contributed by atoms with Gasteiger partial charge in [-0.3, -0.25) is 0 Å². The Bertz CT molecular complexity index is 205. The predicted molar refractivity (Wildman–Crippen MR) is 44.1 cm³/mol. The lowest BCUT2D eigenvalue weighted by Gasteiger charge is -1.97. The van der Waals surface area contributed by atoms with Crippen molar-refractivity contribution in [3.05, 3.63) is 11.6 Å². The molecule has 0 saturated heterocycles. The Balaban J connectivity index is 4.18. The maximum absolute atomic E-state index is 10.8. The van der Waals surface area contributed by atoms with E-state index in [1.165, 1.54) is 6.08 Å². The van der Waals surface area contributed by atoms with E-state index in [1.54, 1.807) is 13.0 Å². The van der Waals surface area contributed by atoms with Crippen molar-refractivity contribution in [2.75, 3.05) is 11.9 Å². The number of nitriles is 1. The highest BCUT2D eigenvalue weighted by Crippen LogP contribution is 1.97. The lowest BCUT2D eigenvalue weighted by atomic mass is 10.3. The molecule has 0 unspecified atom stereocenters. The van der Waals surface area contributed by atoms with Crippen molar-refractivity contribution >= 4 is 21.9 Å². The van der Waals surface area contributed by atoms with Crippen LogP contribution in [0.5, 0.6) is 0 Å². The van der Waals surface area contributed by atoms with Crippen molar-refractivity contribution in [3.8, 4) is 6.07 Å². The van der Waals surface area contributed by atoms with Crippen LogP contribution in [0.4, 0.5) is 0 Å². The van der Waals surface area contributed by atoms with Gasteiger partial charge in [-0.2, -0.15) is 5.26 Å². The van der Waals surface area contributed by atoms with Gasteiger partial charge in [0.05, 0.1) is 6.61 Å². The molecule has 0 radical (unpaired) electrons. The van der Waals surface area contributed by atoms with Crippen LogP contribution in [-0.4, -0.2) is 17.9 Å². The predicted octanol–water partition coefficient (Wildman–Crippen LogP) is 1.39. The van der Waals surface area contributed by atoms with Crippen molar-refractivity contribution in [2.24, 2.45) is 0 Å². The van der Waals surface area contributed by atoms with E-state index in [9.17, 15) is 4.79 Å². The average Bonchev–Trinajstić information content (AvgIpc) is 2.00. The number of nitrogens with zero attached hydrogens (tertiary/aromatic N) is 1. The second-order valence-corrected chi connectivity index (χ2v) is 2.25. The zero-order chi connectivity index (χ0) is 8.69. The summed E-state index contributed by atoms with van der Waals surface area (Å²) < 4.78 is 4.60. The van der Waals surface area contributed by atoms with Crippen molar-refractivity contribution in [1.29, 1.82) is 5.26 Å². The maximum atomic E-state index is 10.8. The Hall–Kier alpha value is -0.820. The molecular formula is C7H8BrNO2. The van der Waals surface area contributed by atoms with E-state index in [-0.39, 0.29) is 5.57 Å². The van der Waals surface area contributed by atoms with E-state index >= 15 is 0 Å². The van der Waals surface area contributed by atoms with E-state index in [1.807, 2.05) is 0 Å². The standard InChI is InChI=1S/C7H8BrNO2/c1-2-11-7(10)6(5-9)3-4-8/h3H,2,4H2,1H3/b6-3+. The molecule has 60 valence electrons. The van der Waals surface area contributed by atoms with Crippen LogP contribution in [0.3, 0.4) is 0 Å². The molecule has 4 heteroatoms. The van der Waals surface area contributed by atoms with E-state index in [4.69, 9.17) is 5.26 Å². The fourth-order valence-electron chi connectivity index (χ4n) is 0.461.